The number of esters is 1. The standard InChI is InChI=1S/C27H34Br2N2O5/c1-27(2,19-5-7-23(21(28)17-19)34-14-3-13-32)20-6-8-24(22(29)18-20)35-15-4-16-36-26(33)25(30-9-10-30)31-11-12-31/h5-8,17-18,25,32H,3-4,9-16H2,1-2H3. The third-order valence-electron chi connectivity index (χ3n) is 6.52. The van der Waals surface area contributed by atoms with Crippen LogP contribution in [0.15, 0.2) is 45.3 Å². The first-order chi connectivity index (χ1) is 17.3. The number of ether oxygens (including phenoxy) is 3. The zero-order chi connectivity index (χ0) is 25.7. The van der Waals surface area contributed by atoms with Crippen molar-refractivity contribution in [2.75, 3.05) is 52.6 Å². The van der Waals surface area contributed by atoms with Crippen molar-refractivity contribution in [1.29, 1.82) is 0 Å². The molecule has 2 fully saturated rings. The van der Waals surface area contributed by atoms with E-state index in [9.17, 15) is 4.79 Å². The molecule has 0 aliphatic carbocycles. The van der Waals surface area contributed by atoms with Gasteiger partial charge in [0.15, 0.2) is 6.17 Å². The van der Waals surface area contributed by atoms with Crippen molar-refractivity contribution in [3.05, 3.63) is 56.5 Å². The zero-order valence-corrected chi connectivity index (χ0v) is 24.0. The molecular weight excluding hydrogens is 592 g/mol. The Morgan fingerprint density at radius 1 is 0.889 bits per heavy atom. The molecule has 1 N–H and O–H groups in total. The SMILES string of the molecule is CC(C)(c1ccc(OCCCO)c(Br)c1)c1ccc(OCCCOC(=O)C(N2CC2)N2CC2)c(Br)c1. The lowest BCUT2D eigenvalue weighted by molar-refractivity contribution is -0.151. The van der Waals surface area contributed by atoms with Crippen LogP contribution in [0, 0.1) is 0 Å². The van der Waals surface area contributed by atoms with Crippen LogP contribution in [-0.4, -0.2) is 79.6 Å². The molecule has 4 rings (SSSR count). The molecule has 0 aromatic heterocycles. The van der Waals surface area contributed by atoms with Gasteiger partial charge in [-0.2, -0.15) is 0 Å². The number of hydrogen-bond acceptors (Lipinski definition) is 7. The summed E-state index contributed by atoms with van der Waals surface area (Å²) in [5, 5.41) is 8.95. The van der Waals surface area contributed by atoms with Crippen LogP contribution in [0.1, 0.15) is 37.8 Å². The fraction of sp³-hybridized carbons (Fsp3) is 0.519. The van der Waals surface area contributed by atoms with Crippen LogP contribution in [-0.2, 0) is 14.9 Å². The van der Waals surface area contributed by atoms with Gasteiger partial charge in [-0.1, -0.05) is 26.0 Å². The van der Waals surface area contributed by atoms with Crippen LogP contribution in [0.5, 0.6) is 11.5 Å². The van der Waals surface area contributed by atoms with Gasteiger partial charge >= 0.3 is 5.97 Å². The molecule has 196 valence electrons. The van der Waals surface area contributed by atoms with Gasteiger partial charge in [0.05, 0.1) is 28.8 Å². The summed E-state index contributed by atoms with van der Waals surface area (Å²) in [6.07, 6.45) is 1.05. The summed E-state index contributed by atoms with van der Waals surface area (Å²) in [6.45, 7) is 9.68. The second-order valence-electron chi connectivity index (χ2n) is 9.66. The number of halogens is 2. The molecule has 0 amide bonds. The van der Waals surface area contributed by atoms with Crippen molar-refractivity contribution >= 4 is 37.8 Å². The fourth-order valence-electron chi connectivity index (χ4n) is 4.05. The zero-order valence-electron chi connectivity index (χ0n) is 20.8. The first-order valence-electron chi connectivity index (χ1n) is 12.4. The molecule has 0 unspecified atom stereocenters. The van der Waals surface area contributed by atoms with Gasteiger partial charge in [0, 0.05) is 51.0 Å². The van der Waals surface area contributed by atoms with Crippen molar-refractivity contribution in [2.24, 2.45) is 0 Å². The molecule has 2 heterocycles. The van der Waals surface area contributed by atoms with E-state index in [1.807, 2.05) is 12.1 Å². The Bertz CT molecular complexity index is 1040. The van der Waals surface area contributed by atoms with E-state index < -0.39 is 0 Å². The maximum atomic E-state index is 12.4. The summed E-state index contributed by atoms with van der Waals surface area (Å²) in [4.78, 5) is 16.6. The Kier molecular flexibility index (Phi) is 9.33. The Morgan fingerprint density at radius 2 is 1.39 bits per heavy atom. The number of benzene rings is 2. The van der Waals surface area contributed by atoms with E-state index in [4.69, 9.17) is 19.3 Å². The number of rotatable bonds is 14. The van der Waals surface area contributed by atoms with Gasteiger partial charge in [0.2, 0.25) is 0 Å². The summed E-state index contributed by atoms with van der Waals surface area (Å²) in [6, 6.07) is 12.3. The lowest BCUT2D eigenvalue weighted by Gasteiger charge is -2.27. The first kappa shape index (κ1) is 27.4. The number of hydrogen-bond donors (Lipinski definition) is 1. The van der Waals surface area contributed by atoms with Crippen LogP contribution >= 0.6 is 31.9 Å². The van der Waals surface area contributed by atoms with E-state index in [1.54, 1.807) is 0 Å². The molecule has 0 saturated carbocycles. The van der Waals surface area contributed by atoms with Gasteiger partial charge in [-0.25, -0.2) is 4.79 Å². The number of carbonyl (C=O) groups is 1. The van der Waals surface area contributed by atoms with Gasteiger partial charge in [0.1, 0.15) is 11.5 Å². The van der Waals surface area contributed by atoms with Crippen molar-refractivity contribution in [3.63, 3.8) is 0 Å². The molecular formula is C27H34Br2N2O5. The Hall–Kier alpha value is -1.65. The highest BCUT2D eigenvalue weighted by Gasteiger charge is 2.43. The van der Waals surface area contributed by atoms with Gasteiger partial charge < -0.3 is 19.3 Å². The smallest absolute Gasteiger partial charge is 0.338 e. The van der Waals surface area contributed by atoms with Crippen molar-refractivity contribution in [1.82, 2.24) is 9.80 Å². The van der Waals surface area contributed by atoms with E-state index in [-0.39, 0.29) is 24.2 Å². The molecule has 0 spiro atoms. The van der Waals surface area contributed by atoms with Crippen LogP contribution in [0.4, 0.5) is 0 Å². The maximum absolute atomic E-state index is 12.4. The molecule has 2 aromatic carbocycles. The van der Waals surface area contributed by atoms with Gasteiger partial charge in [0.25, 0.3) is 0 Å². The van der Waals surface area contributed by atoms with Crippen LogP contribution in [0.2, 0.25) is 0 Å². The quantitative estimate of drug-likeness (QED) is 0.187. The van der Waals surface area contributed by atoms with E-state index in [1.165, 1.54) is 0 Å². The highest BCUT2D eigenvalue weighted by atomic mass is 79.9. The van der Waals surface area contributed by atoms with E-state index in [2.05, 4.69) is 79.8 Å². The first-order valence-corrected chi connectivity index (χ1v) is 14.0. The molecule has 0 atom stereocenters. The van der Waals surface area contributed by atoms with E-state index in [0.717, 1.165) is 57.8 Å². The Labute approximate surface area is 230 Å². The van der Waals surface area contributed by atoms with Crippen LogP contribution < -0.4 is 9.47 Å². The molecule has 2 saturated heterocycles. The fourth-order valence-corrected chi connectivity index (χ4v) is 5.04. The predicted molar refractivity (Wildman–Crippen MR) is 146 cm³/mol. The average molecular weight is 626 g/mol. The lowest BCUT2D eigenvalue weighted by atomic mass is 9.78. The minimum Gasteiger partial charge on any atom is -0.492 e. The molecule has 7 nitrogen and oxygen atoms in total. The minimum absolute atomic E-state index is 0.114. The summed E-state index contributed by atoms with van der Waals surface area (Å²) in [5.41, 5.74) is 2.05. The maximum Gasteiger partial charge on any atom is 0.338 e. The Balaban J connectivity index is 1.28. The highest BCUT2D eigenvalue weighted by Crippen LogP contribution is 2.38. The van der Waals surface area contributed by atoms with Crippen LogP contribution in [0.25, 0.3) is 0 Å². The van der Waals surface area contributed by atoms with Gasteiger partial charge in [-0.05, 0) is 67.3 Å². The minimum atomic E-state index is -0.243. The third-order valence-corrected chi connectivity index (χ3v) is 7.76. The molecule has 2 aliphatic rings. The molecule has 9 heteroatoms. The van der Waals surface area contributed by atoms with Gasteiger partial charge in [-0.3, -0.25) is 9.80 Å². The van der Waals surface area contributed by atoms with Crippen molar-refractivity contribution in [2.45, 2.75) is 38.3 Å². The second-order valence-corrected chi connectivity index (χ2v) is 11.4. The van der Waals surface area contributed by atoms with E-state index in [0.29, 0.717) is 32.7 Å². The average Bonchev–Trinajstić information content (AvgIpc) is 3.77. The highest BCUT2D eigenvalue weighted by molar-refractivity contribution is 9.10. The van der Waals surface area contributed by atoms with Gasteiger partial charge in [-0.15, -0.1) is 0 Å². The predicted octanol–water partition coefficient (Wildman–Crippen LogP) is 4.57. The second kappa shape index (κ2) is 12.3. The molecule has 2 aliphatic heterocycles. The van der Waals surface area contributed by atoms with E-state index >= 15 is 0 Å². The molecule has 0 bridgehead atoms. The number of nitrogens with zero attached hydrogens (tertiary/aromatic N) is 2. The third kappa shape index (κ3) is 7.01. The number of carbonyl (C=O) groups excluding carboxylic acids is 1. The normalized spacial score (nSPS) is 15.7. The van der Waals surface area contributed by atoms with Crippen LogP contribution in [0.3, 0.4) is 0 Å². The lowest BCUT2D eigenvalue weighted by Crippen LogP contribution is -2.38. The Morgan fingerprint density at radius 3 is 1.83 bits per heavy atom. The molecule has 36 heavy (non-hydrogen) atoms. The topological polar surface area (TPSA) is 71.0 Å². The number of aliphatic hydroxyl groups excluding tert-OH is 1. The summed E-state index contributed by atoms with van der Waals surface area (Å²) < 4.78 is 19.0. The monoisotopic (exact) mass is 624 g/mol. The van der Waals surface area contributed by atoms with Crippen molar-refractivity contribution in [3.8, 4) is 11.5 Å². The summed E-state index contributed by atoms with van der Waals surface area (Å²) in [5.74, 6) is 1.39. The largest absolute Gasteiger partial charge is 0.492 e. The van der Waals surface area contributed by atoms with Crippen molar-refractivity contribution < 1.29 is 24.1 Å². The number of aliphatic hydroxyl groups is 1. The molecule has 2 aromatic rings. The summed E-state index contributed by atoms with van der Waals surface area (Å²) in [7, 11) is 0. The summed E-state index contributed by atoms with van der Waals surface area (Å²) >= 11 is 7.28. The molecule has 0 radical (unpaired) electrons.